The minimum absolute atomic E-state index is 0.0690. The molecule has 128 valence electrons. The number of rotatable bonds is 5. The molecule has 7 heteroatoms. The highest BCUT2D eigenvalue weighted by atomic mass is 32.2. The normalized spacial score (nSPS) is 21.7. The van der Waals surface area contributed by atoms with E-state index >= 15 is 0 Å². The SMILES string of the molecule is O=C(NCc1cccs1)NCC1(N2CCSCC2)CCOCC1. The molecule has 3 heterocycles. The Bertz CT molecular complexity index is 484. The summed E-state index contributed by atoms with van der Waals surface area (Å²) in [5.41, 5.74) is 0.0690. The second-order valence-electron chi connectivity index (χ2n) is 6.05. The van der Waals surface area contributed by atoms with Crippen LogP contribution in [0, 0.1) is 0 Å². The van der Waals surface area contributed by atoms with Gasteiger partial charge in [-0.25, -0.2) is 4.79 Å². The Hall–Kier alpha value is -0.760. The van der Waals surface area contributed by atoms with Crippen molar-refractivity contribution in [3.63, 3.8) is 0 Å². The van der Waals surface area contributed by atoms with Crippen molar-refractivity contribution in [3.8, 4) is 0 Å². The van der Waals surface area contributed by atoms with Gasteiger partial charge in [0.2, 0.25) is 0 Å². The van der Waals surface area contributed by atoms with E-state index in [1.165, 1.54) is 16.4 Å². The van der Waals surface area contributed by atoms with Crippen LogP contribution >= 0.6 is 23.1 Å². The van der Waals surface area contributed by atoms with Gasteiger partial charge in [0, 0.05) is 54.8 Å². The molecule has 0 spiro atoms. The van der Waals surface area contributed by atoms with Gasteiger partial charge in [0.15, 0.2) is 0 Å². The van der Waals surface area contributed by atoms with Crippen molar-refractivity contribution in [2.24, 2.45) is 0 Å². The first kappa shape index (κ1) is 17.1. The predicted octanol–water partition coefficient (Wildman–Crippen LogP) is 2.15. The van der Waals surface area contributed by atoms with E-state index in [9.17, 15) is 4.79 Å². The van der Waals surface area contributed by atoms with Crippen LogP contribution in [0.3, 0.4) is 0 Å². The fourth-order valence-electron chi connectivity index (χ4n) is 3.28. The Labute approximate surface area is 146 Å². The van der Waals surface area contributed by atoms with Gasteiger partial charge in [-0.3, -0.25) is 4.90 Å². The van der Waals surface area contributed by atoms with Crippen molar-refractivity contribution < 1.29 is 9.53 Å². The van der Waals surface area contributed by atoms with Crippen molar-refractivity contribution in [2.75, 3.05) is 44.4 Å². The van der Waals surface area contributed by atoms with Crippen LogP contribution in [0.5, 0.6) is 0 Å². The molecule has 0 radical (unpaired) electrons. The number of urea groups is 1. The first-order chi connectivity index (χ1) is 11.3. The first-order valence-electron chi connectivity index (χ1n) is 8.23. The van der Waals surface area contributed by atoms with Gasteiger partial charge in [0.05, 0.1) is 6.54 Å². The van der Waals surface area contributed by atoms with Crippen LogP contribution < -0.4 is 10.6 Å². The number of thiophene rings is 1. The standard InChI is InChI=1S/C16H25N3O2S2/c20-15(17-12-14-2-1-9-23-14)18-13-16(3-7-21-8-4-16)19-5-10-22-11-6-19/h1-2,9H,3-8,10-13H2,(H2,17,18,20). The maximum atomic E-state index is 12.1. The smallest absolute Gasteiger partial charge is 0.315 e. The summed E-state index contributed by atoms with van der Waals surface area (Å²) in [7, 11) is 0. The molecule has 1 aromatic rings. The van der Waals surface area contributed by atoms with Crippen molar-refractivity contribution in [2.45, 2.75) is 24.9 Å². The summed E-state index contributed by atoms with van der Waals surface area (Å²) in [5.74, 6) is 2.38. The molecular weight excluding hydrogens is 330 g/mol. The molecule has 0 unspecified atom stereocenters. The van der Waals surface area contributed by atoms with Gasteiger partial charge in [-0.15, -0.1) is 11.3 Å². The monoisotopic (exact) mass is 355 g/mol. The van der Waals surface area contributed by atoms with E-state index in [4.69, 9.17) is 4.74 Å². The van der Waals surface area contributed by atoms with E-state index in [0.29, 0.717) is 13.1 Å². The second kappa shape index (κ2) is 8.37. The number of hydrogen-bond acceptors (Lipinski definition) is 5. The van der Waals surface area contributed by atoms with Crippen LogP contribution in [-0.4, -0.2) is 60.8 Å². The third-order valence-electron chi connectivity index (χ3n) is 4.69. The summed E-state index contributed by atoms with van der Waals surface area (Å²) in [4.78, 5) is 15.9. The molecule has 23 heavy (non-hydrogen) atoms. The molecule has 2 amide bonds. The highest BCUT2D eigenvalue weighted by Crippen LogP contribution is 2.29. The summed E-state index contributed by atoms with van der Waals surface area (Å²) < 4.78 is 5.56. The molecule has 3 rings (SSSR count). The molecule has 2 saturated heterocycles. The Morgan fingerprint density at radius 3 is 2.74 bits per heavy atom. The fourth-order valence-corrected chi connectivity index (χ4v) is 4.83. The Balaban J connectivity index is 1.52. The molecule has 1 aromatic heterocycles. The Kier molecular flexibility index (Phi) is 6.21. The zero-order valence-electron chi connectivity index (χ0n) is 13.4. The van der Waals surface area contributed by atoms with Crippen LogP contribution in [0.2, 0.25) is 0 Å². The van der Waals surface area contributed by atoms with E-state index < -0.39 is 0 Å². The highest BCUT2D eigenvalue weighted by molar-refractivity contribution is 7.99. The first-order valence-corrected chi connectivity index (χ1v) is 10.3. The van der Waals surface area contributed by atoms with Gasteiger partial charge in [-0.2, -0.15) is 11.8 Å². The van der Waals surface area contributed by atoms with Crippen LogP contribution in [0.15, 0.2) is 17.5 Å². The molecule has 2 fully saturated rings. The largest absolute Gasteiger partial charge is 0.381 e. The van der Waals surface area contributed by atoms with Crippen molar-refractivity contribution in [3.05, 3.63) is 22.4 Å². The Morgan fingerprint density at radius 1 is 1.26 bits per heavy atom. The molecular formula is C16H25N3O2S2. The van der Waals surface area contributed by atoms with Crippen molar-refractivity contribution in [1.82, 2.24) is 15.5 Å². The predicted molar refractivity (Wildman–Crippen MR) is 96.2 cm³/mol. The lowest BCUT2D eigenvalue weighted by Crippen LogP contribution is -2.61. The van der Waals surface area contributed by atoms with E-state index in [-0.39, 0.29) is 11.6 Å². The number of thioether (sulfide) groups is 1. The average molecular weight is 356 g/mol. The molecule has 2 aliphatic heterocycles. The van der Waals surface area contributed by atoms with Crippen LogP contribution in [0.25, 0.3) is 0 Å². The minimum Gasteiger partial charge on any atom is -0.381 e. The summed E-state index contributed by atoms with van der Waals surface area (Å²) in [6, 6.07) is 3.97. The van der Waals surface area contributed by atoms with E-state index in [1.54, 1.807) is 11.3 Å². The van der Waals surface area contributed by atoms with Gasteiger partial charge >= 0.3 is 6.03 Å². The van der Waals surface area contributed by atoms with E-state index in [1.807, 2.05) is 29.3 Å². The second-order valence-corrected chi connectivity index (χ2v) is 8.31. The lowest BCUT2D eigenvalue weighted by Gasteiger charge is -2.47. The van der Waals surface area contributed by atoms with Crippen molar-refractivity contribution >= 4 is 29.1 Å². The maximum Gasteiger partial charge on any atom is 0.315 e. The van der Waals surface area contributed by atoms with Gasteiger partial charge in [0.1, 0.15) is 0 Å². The molecule has 0 aromatic carbocycles. The zero-order chi connectivity index (χ0) is 16.0. The number of nitrogens with one attached hydrogen (secondary N) is 2. The van der Waals surface area contributed by atoms with E-state index in [2.05, 4.69) is 15.5 Å². The van der Waals surface area contributed by atoms with Crippen LogP contribution in [-0.2, 0) is 11.3 Å². The van der Waals surface area contributed by atoms with Gasteiger partial charge < -0.3 is 15.4 Å². The van der Waals surface area contributed by atoms with Crippen LogP contribution in [0.1, 0.15) is 17.7 Å². The van der Waals surface area contributed by atoms with Gasteiger partial charge in [0.25, 0.3) is 0 Å². The maximum absolute atomic E-state index is 12.1. The zero-order valence-corrected chi connectivity index (χ0v) is 15.0. The third kappa shape index (κ3) is 4.62. The number of hydrogen-bond donors (Lipinski definition) is 2. The third-order valence-corrected chi connectivity index (χ3v) is 6.51. The summed E-state index contributed by atoms with van der Waals surface area (Å²) in [6.45, 7) is 5.12. The quantitative estimate of drug-likeness (QED) is 0.850. The lowest BCUT2D eigenvalue weighted by molar-refractivity contribution is -0.0230. The van der Waals surface area contributed by atoms with Crippen molar-refractivity contribution in [1.29, 1.82) is 0 Å². The van der Waals surface area contributed by atoms with Gasteiger partial charge in [-0.05, 0) is 24.3 Å². The molecule has 0 bridgehead atoms. The molecule has 5 nitrogen and oxygen atoms in total. The molecule has 2 aliphatic rings. The average Bonchev–Trinajstić information content (AvgIpc) is 3.13. The molecule has 0 aliphatic carbocycles. The molecule has 0 saturated carbocycles. The number of nitrogens with zero attached hydrogens (tertiary/aromatic N) is 1. The topological polar surface area (TPSA) is 53.6 Å². The van der Waals surface area contributed by atoms with Gasteiger partial charge in [-0.1, -0.05) is 6.07 Å². The summed E-state index contributed by atoms with van der Waals surface area (Å²) in [6.07, 6.45) is 2.01. The summed E-state index contributed by atoms with van der Waals surface area (Å²) in [5, 5.41) is 8.08. The number of carbonyl (C=O) groups excluding carboxylic acids is 1. The number of amides is 2. The number of carbonyl (C=O) groups is 1. The van der Waals surface area contributed by atoms with E-state index in [0.717, 1.165) is 39.1 Å². The van der Waals surface area contributed by atoms with Crippen LogP contribution in [0.4, 0.5) is 4.79 Å². The number of ether oxygens (including phenoxy) is 1. The molecule has 2 N–H and O–H groups in total. The molecule has 0 atom stereocenters. The Morgan fingerprint density at radius 2 is 2.04 bits per heavy atom. The summed E-state index contributed by atoms with van der Waals surface area (Å²) >= 11 is 3.68. The lowest BCUT2D eigenvalue weighted by atomic mass is 9.87. The fraction of sp³-hybridized carbons (Fsp3) is 0.688. The minimum atomic E-state index is -0.0735. The highest BCUT2D eigenvalue weighted by Gasteiger charge is 2.39.